The molecule has 0 radical (unpaired) electrons. The van der Waals surface area contributed by atoms with Crippen molar-refractivity contribution in [1.29, 1.82) is 0 Å². The van der Waals surface area contributed by atoms with E-state index in [2.05, 4.69) is 25.5 Å². The zero-order valence-electron chi connectivity index (χ0n) is 12.7. The Bertz CT molecular complexity index is 701. The quantitative estimate of drug-likeness (QED) is 0.900. The maximum absolute atomic E-state index is 12.8. The minimum Gasteiger partial charge on any atom is -0.293 e. The van der Waals surface area contributed by atoms with Crippen molar-refractivity contribution in [2.45, 2.75) is 31.9 Å². The van der Waals surface area contributed by atoms with E-state index in [1.165, 1.54) is 0 Å². The van der Waals surface area contributed by atoms with Crippen LogP contribution in [-0.2, 0) is 4.79 Å². The topological polar surface area (TPSA) is 83.6 Å². The van der Waals surface area contributed by atoms with Gasteiger partial charge in [0.2, 0.25) is 11.9 Å². The van der Waals surface area contributed by atoms with Crippen molar-refractivity contribution in [1.82, 2.24) is 20.2 Å². The molecule has 2 heterocycles. The van der Waals surface area contributed by atoms with Crippen molar-refractivity contribution >= 4 is 11.9 Å². The number of halogens is 3. The predicted molar refractivity (Wildman–Crippen MR) is 79.7 cm³/mol. The summed E-state index contributed by atoms with van der Waals surface area (Å²) >= 11 is 0. The van der Waals surface area contributed by atoms with Crippen LogP contribution in [0, 0.1) is 11.8 Å². The van der Waals surface area contributed by atoms with Crippen molar-refractivity contribution in [3.63, 3.8) is 0 Å². The van der Waals surface area contributed by atoms with Crippen molar-refractivity contribution in [3.8, 4) is 11.5 Å². The fraction of sp³-hybridized carbons (Fsp3) is 0.467. The minimum absolute atomic E-state index is 0.0368. The molecule has 6 nitrogen and oxygen atoms in total. The Morgan fingerprint density at radius 2 is 2.12 bits per heavy atom. The van der Waals surface area contributed by atoms with Crippen LogP contribution in [-0.4, -0.2) is 32.2 Å². The molecule has 1 aliphatic rings. The van der Waals surface area contributed by atoms with Gasteiger partial charge in [-0.25, -0.2) is 0 Å². The highest BCUT2D eigenvalue weighted by molar-refractivity contribution is 5.91. The fourth-order valence-electron chi connectivity index (χ4n) is 2.87. The summed E-state index contributed by atoms with van der Waals surface area (Å²) in [5.41, 5.74) is 0.556. The molecule has 24 heavy (non-hydrogen) atoms. The normalized spacial score (nSPS) is 21.5. The molecule has 0 spiro atoms. The van der Waals surface area contributed by atoms with Gasteiger partial charge in [-0.05, 0) is 31.4 Å². The molecule has 128 valence electrons. The lowest BCUT2D eigenvalue weighted by atomic mass is 9.80. The van der Waals surface area contributed by atoms with Crippen molar-refractivity contribution in [2.24, 2.45) is 11.8 Å². The Balaban J connectivity index is 1.64. The van der Waals surface area contributed by atoms with Gasteiger partial charge < -0.3 is 0 Å². The maximum atomic E-state index is 12.8. The molecule has 2 N–H and O–H groups in total. The monoisotopic (exact) mass is 339 g/mol. The van der Waals surface area contributed by atoms with Crippen LogP contribution in [0.1, 0.15) is 25.7 Å². The molecule has 1 fully saturated rings. The van der Waals surface area contributed by atoms with Crippen LogP contribution >= 0.6 is 0 Å². The van der Waals surface area contributed by atoms with Crippen LogP contribution in [0.5, 0.6) is 0 Å². The number of rotatable bonds is 3. The van der Waals surface area contributed by atoms with Crippen molar-refractivity contribution in [3.05, 3.63) is 24.4 Å². The third-order valence-electron chi connectivity index (χ3n) is 4.14. The first-order chi connectivity index (χ1) is 11.4. The standard InChI is InChI=1S/C15H16F3N5O/c16-15(17,18)10-5-3-4-9(8-10)13(24)21-14-20-12(22-23-14)11-6-1-2-7-19-11/h1-2,6-7,9-10H,3-5,8H2,(H2,20,21,22,23,24)/t9-,10+/m0/s1. The molecular formula is C15H16F3N5O. The number of alkyl halides is 3. The lowest BCUT2D eigenvalue weighted by Gasteiger charge is -2.29. The highest BCUT2D eigenvalue weighted by Gasteiger charge is 2.43. The second-order valence-electron chi connectivity index (χ2n) is 5.81. The summed E-state index contributed by atoms with van der Waals surface area (Å²) in [5.74, 6) is -2.16. The Morgan fingerprint density at radius 3 is 2.83 bits per heavy atom. The van der Waals surface area contributed by atoms with Crippen LogP contribution in [0.4, 0.5) is 19.1 Å². The summed E-state index contributed by atoms with van der Waals surface area (Å²) in [6.45, 7) is 0. The Kier molecular flexibility index (Phi) is 4.50. The van der Waals surface area contributed by atoms with E-state index < -0.39 is 23.9 Å². The number of amides is 1. The molecular weight excluding hydrogens is 323 g/mol. The number of nitrogens with zero attached hydrogens (tertiary/aromatic N) is 3. The molecule has 0 aromatic carbocycles. The van der Waals surface area contributed by atoms with Crippen molar-refractivity contribution in [2.75, 3.05) is 5.32 Å². The molecule has 2 aromatic rings. The average molecular weight is 339 g/mol. The molecule has 0 bridgehead atoms. The van der Waals surface area contributed by atoms with E-state index in [0.29, 0.717) is 24.4 Å². The van der Waals surface area contributed by atoms with E-state index in [-0.39, 0.29) is 18.8 Å². The summed E-state index contributed by atoms with van der Waals surface area (Å²) in [7, 11) is 0. The molecule has 9 heteroatoms. The average Bonchev–Trinajstić information content (AvgIpc) is 3.03. The lowest BCUT2D eigenvalue weighted by Crippen LogP contribution is -2.34. The van der Waals surface area contributed by atoms with Crippen LogP contribution in [0.3, 0.4) is 0 Å². The number of aromatic amines is 1. The number of hydrogen-bond acceptors (Lipinski definition) is 4. The van der Waals surface area contributed by atoms with Gasteiger partial charge in [-0.15, -0.1) is 5.10 Å². The zero-order chi connectivity index (χ0) is 17.2. The van der Waals surface area contributed by atoms with Crippen LogP contribution in [0.25, 0.3) is 11.5 Å². The molecule has 2 aromatic heterocycles. The third kappa shape index (κ3) is 3.72. The van der Waals surface area contributed by atoms with Crippen molar-refractivity contribution < 1.29 is 18.0 Å². The molecule has 0 aliphatic heterocycles. The van der Waals surface area contributed by atoms with E-state index in [0.717, 1.165) is 0 Å². The molecule has 2 atom stereocenters. The second kappa shape index (κ2) is 6.58. The smallest absolute Gasteiger partial charge is 0.293 e. The molecule has 0 saturated heterocycles. The first-order valence-corrected chi connectivity index (χ1v) is 7.65. The van der Waals surface area contributed by atoms with Gasteiger partial charge in [0.15, 0.2) is 5.82 Å². The SMILES string of the molecule is O=C(Nc1n[nH]c(-c2ccccn2)n1)[C@H]1CCC[C@@H](C(F)(F)F)C1. The summed E-state index contributed by atoms with van der Waals surface area (Å²) < 4.78 is 38.5. The second-order valence-corrected chi connectivity index (χ2v) is 5.81. The van der Waals surface area contributed by atoms with E-state index in [4.69, 9.17) is 0 Å². The fourth-order valence-corrected chi connectivity index (χ4v) is 2.87. The van der Waals surface area contributed by atoms with E-state index in [9.17, 15) is 18.0 Å². The Morgan fingerprint density at radius 1 is 1.29 bits per heavy atom. The number of carbonyl (C=O) groups is 1. The Hall–Kier alpha value is -2.45. The maximum Gasteiger partial charge on any atom is 0.391 e. The van der Waals surface area contributed by atoms with E-state index in [1.54, 1.807) is 24.4 Å². The summed E-state index contributed by atoms with van der Waals surface area (Å²) in [4.78, 5) is 20.4. The van der Waals surface area contributed by atoms with Crippen LogP contribution in [0.15, 0.2) is 24.4 Å². The number of anilines is 1. The first kappa shape index (κ1) is 16.4. The highest BCUT2D eigenvalue weighted by Crippen LogP contribution is 2.40. The largest absolute Gasteiger partial charge is 0.391 e. The van der Waals surface area contributed by atoms with Gasteiger partial charge >= 0.3 is 6.18 Å². The summed E-state index contributed by atoms with van der Waals surface area (Å²) in [5, 5.41) is 9.00. The van der Waals surface area contributed by atoms with Crippen LogP contribution in [0.2, 0.25) is 0 Å². The number of H-pyrrole nitrogens is 1. The number of pyridine rings is 1. The molecule has 3 rings (SSSR count). The van der Waals surface area contributed by atoms with Gasteiger partial charge in [-0.2, -0.15) is 18.2 Å². The van der Waals surface area contributed by atoms with Gasteiger partial charge in [0.25, 0.3) is 0 Å². The minimum atomic E-state index is -4.25. The molecule has 0 unspecified atom stereocenters. The zero-order valence-corrected chi connectivity index (χ0v) is 12.7. The van der Waals surface area contributed by atoms with E-state index >= 15 is 0 Å². The lowest BCUT2D eigenvalue weighted by molar-refractivity contribution is -0.185. The Labute approximate surface area is 135 Å². The molecule has 1 saturated carbocycles. The van der Waals surface area contributed by atoms with Gasteiger partial charge in [-0.3, -0.25) is 20.2 Å². The summed E-state index contributed by atoms with van der Waals surface area (Å²) in [6, 6.07) is 5.26. The number of nitrogens with one attached hydrogen (secondary N) is 2. The summed E-state index contributed by atoms with van der Waals surface area (Å²) in [6.07, 6.45) is -1.94. The van der Waals surface area contributed by atoms with Gasteiger partial charge in [0.05, 0.1) is 5.92 Å². The van der Waals surface area contributed by atoms with Gasteiger partial charge in [0, 0.05) is 12.1 Å². The third-order valence-corrected chi connectivity index (χ3v) is 4.14. The number of carbonyl (C=O) groups excluding carboxylic acids is 1. The highest BCUT2D eigenvalue weighted by atomic mass is 19.4. The first-order valence-electron chi connectivity index (χ1n) is 7.65. The molecule has 1 aliphatic carbocycles. The molecule has 1 amide bonds. The van der Waals surface area contributed by atoms with Gasteiger partial charge in [0.1, 0.15) is 5.69 Å². The predicted octanol–water partition coefficient (Wildman–Crippen LogP) is 3.17. The number of hydrogen-bond donors (Lipinski definition) is 2. The van der Waals surface area contributed by atoms with Crippen LogP contribution < -0.4 is 5.32 Å². The number of aromatic nitrogens is 4. The van der Waals surface area contributed by atoms with Gasteiger partial charge in [-0.1, -0.05) is 12.5 Å². The van der Waals surface area contributed by atoms with E-state index in [1.807, 2.05) is 0 Å².